The third-order valence-corrected chi connectivity index (χ3v) is 4.76. The molecular formula is C14H20BrNO. The molecule has 17 heavy (non-hydrogen) atoms. The van der Waals surface area contributed by atoms with Crippen molar-refractivity contribution in [2.75, 3.05) is 0 Å². The molecule has 0 aromatic heterocycles. The van der Waals surface area contributed by atoms with Gasteiger partial charge in [-0.1, -0.05) is 35.2 Å². The maximum Gasteiger partial charge on any atom is 0.124 e. The van der Waals surface area contributed by atoms with Crippen molar-refractivity contribution in [1.29, 1.82) is 0 Å². The Morgan fingerprint density at radius 2 is 1.82 bits per heavy atom. The summed E-state index contributed by atoms with van der Waals surface area (Å²) < 4.78 is 0.954. The lowest BCUT2D eigenvalue weighted by atomic mass is 9.75. The van der Waals surface area contributed by atoms with Crippen LogP contribution in [0.2, 0.25) is 0 Å². The average Bonchev–Trinajstić information content (AvgIpc) is 2.26. The Morgan fingerprint density at radius 1 is 1.24 bits per heavy atom. The third-order valence-electron chi connectivity index (χ3n) is 3.93. The van der Waals surface area contributed by atoms with Gasteiger partial charge in [-0.05, 0) is 38.3 Å². The summed E-state index contributed by atoms with van der Waals surface area (Å²) in [6, 6.07) is 2.06. The molecule has 1 saturated carbocycles. The van der Waals surface area contributed by atoms with Crippen molar-refractivity contribution in [3.05, 3.63) is 27.2 Å². The van der Waals surface area contributed by atoms with E-state index in [4.69, 9.17) is 5.73 Å². The summed E-state index contributed by atoms with van der Waals surface area (Å²) in [6.45, 7) is 3.96. The number of phenols is 1. The molecule has 1 aliphatic rings. The van der Waals surface area contributed by atoms with Crippen molar-refractivity contribution in [3.63, 3.8) is 0 Å². The van der Waals surface area contributed by atoms with Gasteiger partial charge in [-0.15, -0.1) is 0 Å². The lowest BCUT2D eigenvalue weighted by Crippen LogP contribution is -2.39. The van der Waals surface area contributed by atoms with Gasteiger partial charge in [0.2, 0.25) is 0 Å². The van der Waals surface area contributed by atoms with Gasteiger partial charge in [0.25, 0.3) is 0 Å². The number of hydrogen-bond acceptors (Lipinski definition) is 2. The molecule has 0 amide bonds. The molecule has 0 aliphatic heterocycles. The van der Waals surface area contributed by atoms with Crippen molar-refractivity contribution in [2.24, 2.45) is 5.73 Å². The maximum absolute atomic E-state index is 10.4. The van der Waals surface area contributed by atoms with Crippen molar-refractivity contribution in [1.82, 2.24) is 0 Å². The molecule has 2 nitrogen and oxygen atoms in total. The molecule has 0 unspecified atom stereocenters. The molecule has 1 aromatic rings. The van der Waals surface area contributed by atoms with Gasteiger partial charge in [-0.2, -0.15) is 0 Å². The molecule has 0 bridgehead atoms. The van der Waals surface area contributed by atoms with Crippen LogP contribution in [0.15, 0.2) is 10.5 Å². The Labute approximate surface area is 111 Å². The molecule has 94 valence electrons. The third kappa shape index (κ3) is 2.23. The number of halogens is 1. The topological polar surface area (TPSA) is 46.2 Å². The Balaban J connectivity index is 2.54. The van der Waals surface area contributed by atoms with Crippen LogP contribution in [-0.2, 0) is 5.54 Å². The number of nitrogens with two attached hydrogens (primary N) is 1. The number of hydrogen-bond donors (Lipinski definition) is 2. The first kappa shape index (κ1) is 12.9. The van der Waals surface area contributed by atoms with Crippen molar-refractivity contribution in [3.8, 4) is 5.75 Å². The number of aromatic hydroxyl groups is 1. The highest BCUT2D eigenvalue weighted by atomic mass is 79.9. The molecule has 1 fully saturated rings. The van der Waals surface area contributed by atoms with E-state index in [0.29, 0.717) is 5.75 Å². The van der Waals surface area contributed by atoms with Crippen LogP contribution in [0.5, 0.6) is 5.75 Å². The lowest BCUT2D eigenvalue weighted by molar-refractivity contribution is 0.290. The predicted octanol–water partition coefficient (Wildman–Crippen LogP) is 3.89. The SMILES string of the molecule is Cc1cc(Br)c(C)c(O)c1C1(N)CCCCC1. The minimum Gasteiger partial charge on any atom is -0.507 e. The molecule has 1 aliphatic carbocycles. The van der Waals surface area contributed by atoms with E-state index in [1.165, 1.54) is 6.42 Å². The number of phenolic OH excluding ortho intramolecular Hbond substituents is 1. The fraction of sp³-hybridized carbons (Fsp3) is 0.571. The van der Waals surface area contributed by atoms with E-state index in [-0.39, 0.29) is 5.54 Å². The van der Waals surface area contributed by atoms with Crippen LogP contribution in [0.4, 0.5) is 0 Å². The van der Waals surface area contributed by atoms with E-state index in [1.54, 1.807) is 0 Å². The normalized spacial score (nSPS) is 19.3. The molecular weight excluding hydrogens is 278 g/mol. The summed E-state index contributed by atoms with van der Waals surface area (Å²) in [5, 5.41) is 10.4. The van der Waals surface area contributed by atoms with E-state index in [0.717, 1.165) is 46.8 Å². The van der Waals surface area contributed by atoms with E-state index in [2.05, 4.69) is 22.0 Å². The highest BCUT2D eigenvalue weighted by molar-refractivity contribution is 9.10. The van der Waals surface area contributed by atoms with Gasteiger partial charge < -0.3 is 10.8 Å². The smallest absolute Gasteiger partial charge is 0.124 e. The van der Waals surface area contributed by atoms with Gasteiger partial charge in [0.15, 0.2) is 0 Å². The van der Waals surface area contributed by atoms with Crippen LogP contribution in [0.3, 0.4) is 0 Å². The quantitative estimate of drug-likeness (QED) is 0.826. The van der Waals surface area contributed by atoms with Crippen LogP contribution in [0.1, 0.15) is 48.8 Å². The van der Waals surface area contributed by atoms with E-state index >= 15 is 0 Å². The summed E-state index contributed by atoms with van der Waals surface area (Å²) in [6.07, 6.45) is 5.52. The first-order valence-corrected chi connectivity index (χ1v) is 7.03. The Kier molecular flexibility index (Phi) is 3.50. The zero-order valence-electron chi connectivity index (χ0n) is 10.5. The first-order valence-electron chi connectivity index (χ1n) is 6.24. The van der Waals surface area contributed by atoms with Gasteiger partial charge in [-0.25, -0.2) is 0 Å². The van der Waals surface area contributed by atoms with Crippen LogP contribution < -0.4 is 5.73 Å². The molecule has 0 spiro atoms. The van der Waals surface area contributed by atoms with Gasteiger partial charge in [0.1, 0.15) is 5.75 Å². The van der Waals surface area contributed by atoms with Crippen molar-refractivity contribution in [2.45, 2.75) is 51.5 Å². The fourth-order valence-corrected chi connectivity index (χ4v) is 3.45. The van der Waals surface area contributed by atoms with E-state index in [1.807, 2.05) is 13.8 Å². The molecule has 0 heterocycles. The van der Waals surface area contributed by atoms with E-state index in [9.17, 15) is 5.11 Å². The molecule has 2 rings (SSSR count). The lowest BCUT2D eigenvalue weighted by Gasteiger charge is -2.36. The summed E-state index contributed by atoms with van der Waals surface area (Å²) in [4.78, 5) is 0. The van der Waals surface area contributed by atoms with Crippen LogP contribution >= 0.6 is 15.9 Å². The first-order chi connectivity index (χ1) is 7.96. The summed E-state index contributed by atoms with van der Waals surface area (Å²) in [5.41, 5.74) is 9.12. The predicted molar refractivity (Wildman–Crippen MR) is 74.2 cm³/mol. The largest absolute Gasteiger partial charge is 0.507 e. The molecule has 3 N–H and O–H groups in total. The van der Waals surface area contributed by atoms with Crippen LogP contribution in [-0.4, -0.2) is 5.11 Å². The highest BCUT2D eigenvalue weighted by Crippen LogP contribution is 2.43. The highest BCUT2D eigenvalue weighted by Gasteiger charge is 2.34. The Hall–Kier alpha value is -0.540. The minimum absolute atomic E-state index is 0.335. The number of benzene rings is 1. The second-order valence-electron chi connectivity index (χ2n) is 5.24. The number of rotatable bonds is 1. The van der Waals surface area contributed by atoms with Gasteiger partial charge in [-0.3, -0.25) is 0 Å². The summed E-state index contributed by atoms with van der Waals surface area (Å²) in [7, 11) is 0. The second-order valence-corrected chi connectivity index (χ2v) is 6.10. The van der Waals surface area contributed by atoms with Crippen LogP contribution in [0.25, 0.3) is 0 Å². The molecule has 0 radical (unpaired) electrons. The zero-order chi connectivity index (χ0) is 12.6. The van der Waals surface area contributed by atoms with E-state index < -0.39 is 0 Å². The summed E-state index contributed by atoms with van der Waals surface area (Å²) in [5.74, 6) is 0.376. The molecule has 0 saturated heterocycles. The second kappa shape index (κ2) is 4.62. The fourth-order valence-electron chi connectivity index (χ4n) is 2.92. The summed E-state index contributed by atoms with van der Waals surface area (Å²) >= 11 is 3.47. The van der Waals surface area contributed by atoms with Gasteiger partial charge >= 0.3 is 0 Å². The van der Waals surface area contributed by atoms with Crippen molar-refractivity contribution >= 4 is 15.9 Å². The molecule has 1 aromatic carbocycles. The maximum atomic E-state index is 10.4. The Morgan fingerprint density at radius 3 is 2.41 bits per heavy atom. The monoisotopic (exact) mass is 297 g/mol. The van der Waals surface area contributed by atoms with Crippen molar-refractivity contribution < 1.29 is 5.11 Å². The standard InChI is InChI=1S/C14H20BrNO/c1-9-8-11(15)10(2)13(17)12(9)14(16)6-4-3-5-7-14/h8,17H,3-7,16H2,1-2H3. The van der Waals surface area contributed by atoms with Crippen LogP contribution in [0, 0.1) is 13.8 Å². The molecule has 3 heteroatoms. The number of aryl methyl sites for hydroxylation is 1. The van der Waals surface area contributed by atoms with Gasteiger partial charge in [0, 0.05) is 21.1 Å². The molecule has 0 atom stereocenters. The minimum atomic E-state index is -0.335. The zero-order valence-corrected chi connectivity index (χ0v) is 12.1. The van der Waals surface area contributed by atoms with Gasteiger partial charge in [0.05, 0.1) is 0 Å². The average molecular weight is 298 g/mol. The Bertz CT molecular complexity index is 436.